The Hall–Kier alpha value is -6.64. The van der Waals surface area contributed by atoms with Gasteiger partial charge in [0.05, 0.1) is 33.2 Å². The number of nitrogens with zero attached hydrogens (tertiary/aromatic N) is 2. The Balaban J connectivity index is 1.18. The molecule has 1 atom stereocenters. The average Bonchev–Trinajstić information content (AvgIpc) is 3.82. The lowest BCUT2D eigenvalue weighted by molar-refractivity contribution is 0.749. The van der Waals surface area contributed by atoms with Crippen molar-refractivity contribution in [1.82, 2.24) is 9.13 Å². The Bertz CT molecular complexity index is 3090. The van der Waals surface area contributed by atoms with Gasteiger partial charge in [0.2, 0.25) is 0 Å². The third-order valence-corrected chi connectivity index (χ3v) is 11.7. The predicted molar refractivity (Wildman–Crippen MR) is 211 cm³/mol. The van der Waals surface area contributed by atoms with E-state index in [4.69, 9.17) is 0 Å². The Morgan fingerprint density at radius 1 is 0.333 bits per heavy atom. The standard InChI is InChI=1S/C49H30N2/c1-2-13-33(14-3-1)50-44-22-9-5-16-36(44)38-28-26-32(30-47(38)50)31-25-27-35-34-15-4-7-19-40(34)49(43(35)29-31)41-20-8-11-24-46(41)51-45-23-10-6-17-37(45)39-18-12-21-42(49)48(39)51/h1-30H. The Morgan fingerprint density at radius 3 is 1.78 bits per heavy atom. The minimum atomic E-state index is -0.467. The molecule has 0 bridgehead atoms. The van der Waals surface area contributed by atoms with Crippen LogP contribution in [0.25, 0.3) is 77.2 Å². The molecule has 12 rings (SSSR count). The van der Waals surface area contributed by atoms with E-state index in [0.29, 0.717) is 0 Å². The minimum absolute atomic E-state index is 0.467. The molecule has 1 aliphatic carbocycles. The molecule has 1 spiro atoms. The zero-order chi connectivity index (χ0) is 33.3. The van der Waals surface area contributed by atoms with Crippen molar-refractivity contribution < 1.29 is 0 Å². The maximum Gasteiger partial charge on any atom is 0.0754 e. The molecule has 3 heterocycles. The van der Waals surface area contributed by atoms with Crippen LogP contribution in [-0.2, 0) is 5.41 Å². The second kappa shape index (κ2) is 9.74. The molecule has 236 valence electrons. The summed E-state index contributed by atoms with van der Waals surface area (Å²) >= 11 is 0. The molecule has 0 amide bonds. The van der Waals surface area contributed by atoms with Gasteiger partial charge in [-0.1, -0.05) is 140 Å². The van der Waals surface area contributed by atoms with Gasteiger partial charge >= 0.3 is 0 Å². The van der Waals surface area contributed by atoms with Gasteiger partial charge in [-0.25, -0.2) is 0 Å². The van der Waals surface area contributed by atoms with E-state index in [1.807, 2.05) is 0 Å². The van der Waals surface area contributed by atoms with E-state index in [0.717, 1.165) is 0 Å². The van der Waals surface area contributed by atoms with Crippen molar-refractivity contribution in [2.24, 2.45) is 0 Å². The highest BCUT2D eigenvalue weighted by Gasteiger charge is 2.50. The molecule has 1 unspecified atom stereocenters. The van der Waals surface area contributed by atoms with Crippen molar-refractivity contribution >= 4 is 43.6 Å². The van der Waals surface area contributed by atoms with E-state index in [9.17, 15) is 0 Å². The third kappa shape index (κ3) is 3.32. The summed E-state index contributed by atoms with van der Waals surface area (Å²) in [6.07, 6.45) is 0. The first-order chi connectivity index (χ1) is 25.3. The average molecular weight is 647 g/mol. The van der Waals surface area contributed by atoms with E-state index >= 15 is 0 Å². The highest BCUT2D eigenvalue weighted by Crippen LogP contribution is 2.61. The molecule has 0 N–H and O–H groups in total. The van der Waals surface area contributed by atoms with Crippen molar-refractivity contribution in [3.8, 4) is 33.6 Å². The molecule has 0 saturated carbocycles. The van der Waals surface area contributed by atoms with Gasteiger partial charge in [-0.05, 0) is 87.0 Å². The van der Waals surface area contributed by atoms with Gasteiger partial charge in [-0.3, -0.25) is 0 Å². The maximum absolute atomic E-state index is 2.52. The first kappa shape index (κ1) is 27.2. The summed E-state index contributed by atoms with van der Waals surface area (Å²) < 4.78 is 4.93. The van der Waals surface area contributed by atoms with Crippen LogP contribution < -0.4 is 0 Å². The lowest BCUT2D eigenvalue weighted by Gasteiger charge is -2.39. The van der Waals surface area contributed by atoms with Crippen LogP contribution >= 0.6 is 0 Å². The summed E-state index contributed by atoms with van der Waals surface area (Å²) in [4.78, 5) is 0. The van der Waals surface area contributed by atoms with Crippen LogP contribution in [0, 0.1) is 0 Å². The molecule has 2 aromatic heterocycles. The van der Waals surface area contributed by atoms with E-state index in [1.165, 1.54) is 99.5 Å². The fourth-order valence-electron chi connectivity index (χ4n) is 9.75. The first-order valence-electron chi connectivity index (χ1n) is 17.8. The normalized spacial score (nSPS) is 15.5. The number of para-hydroxylation sites is 5. The van der Waals surface area contributed by atoms with E-state index < -0.39 is 5.41 Å². The molecule has 2 aliphatic rings. The quantitative estimate of drug-likeness (QED) is 0.177. The third-order valence-electron chi connectivity index (χ3n) is 11.7. The number of rotatable bonds is 2. The lowest BCUT2D eigenvalue weighted by atomic mass is 9.65. The van der Waals surface area contributed by atoms with Crippen molar-refractivity contribution in [3.05, 3.63) is 204 Å². The largest absolute Gasteiger partial charge is 0.309 e. The molecule has 8 aromatic carbocycles. The number of fused-ring (bicyclic) bond motifs is 15. The van der Waals surface area contributed by atoms with Gasteiger partial charge in [-0.15, -0.1) is 0 Å². The smallest absolute Gasteiger partial charge is 0.0754 e. The highest BCUT2D eigenvalue weighted by molar-refractivity contribution is 6.13. The number of aromatic nitrogens is 2. The Labute approximate surface area is 295 Å². The summed E-state index contributed by atoms with van der Waals surface area (Å²) in [5, 5.41) is 5.14. The second-order valence-electron chi connectivity index (χ2n) is 14.0. The van der Waals surface area contributed by atoms with Gasteiger partial charge in [0, 0.05) is 27.2 Å². The van der Waals surface area contributed by atoms with Crippen LogP contribution in [0.3, 0.4) is 0 Å². The van der Waals surface area contributed by atoms with Gasteiger partial charge in [0.25, 0.3) is 0 Å². The zero-order valence-electron chi connectivity index (χ0n) is 27.7. The molecular formula is C49H30N2. The number of hydrogen-bond acceptors (Lipinski definition) is 0. The van der Waals surface area contributed by atoms with Crippen LogP contribution in [0.4, 0.5) is 0 Å². The topological polar surface area (TPSA) is 9.86 Å². The summed E-state index contributed by atoms with van der Waals surface area (Å²) in [5.74, 6) is 0. The molecule has 0 saturated heterocycles. The fraction of sp³-hybridized carbons (Fsp3) is 0.0204. The van der Waals surface area contributed by atoms with Crippen LogP contribution in [0.15, 0.2) is 182 Å². The predicted octanol–water partition coefficient (Wildman–Crippen LogP) is 12.2. The van der Waals surface area contributed by atoms with E-state index in [2.05, 4.69) is 191 Å². The molecule has 10 aromatic rings. The fourth-order valence-corrected chi connectivity index (χ4v) is 9.75. The highest BCUT2D eigenvalue weighted by atomic mass is 15.0. The summed E-state index contributed by atoms with van der Waals surface area (Å²) in [7, 11) is 0. The SMILES string of the molecule is c1ccc(-n2c3ccccc3c3ccc(-c4ccc5c(c4)C4(c6ccccc6-5)c5ccccc5-n5c6ccccc6c6cccc4c65)cc32)cc1. The zero-order valence-corrected chi connectivity index (χ0v) is 27.7. The molecule has 2 heteroatoms. The lowest BCUT2D eigenvalue weighted by Crippen LogP contribution is -2.33. The Morgan fingerprint density at radius 2 is 0.922 bits per heavy atom. The monoisotopic (exact) mass is 646 g/mol. The van der Waals surface area contributed by atoms with Crippen LogP contribution in [-0.4, -0.2) is 9.13 Å². The molecule has 2 nitrogen and oxygen atoms in total. The van der Waals surface area contributed by atoms with Crippen molar-refractivity contribution in [3.63, 3.8) is 0 Å². The van der Waals surface area contributed by atoms with Gasteiger partial charge in [0.15, 0.2) is 0 Å². The molecule has 0 radical (unpaired) electrons. The van der Waals surface area contributed by atoms with E-state index in [-0.39, 0.29) is 0 Å². The van der Waals surface area contributed by atoms with Crippen molar-refractivity contribution in [2.75, 3.05) is 0 Å². The maximum atomic E-state index is 2.52. The number of benzene rings is 8. The van der Waals surface area contributed by atoms with Crippen molar-refractivity contribution in [2.45, 2.75) is 5.41 Å². The van der Waals surface area contributed by atoms with Crippen LogP contribution in [0.2, 0.25) is 0 Å². The van der Waals surface area contributed by atoms with Crippen LogP contribution in [0.1, 0.15) is 22.3 Å². The summed E-state index contributed by atoms with van der Waals surface area (Å²) in [5.41, 5.74) is 17.4. The molecular weight excluding hydrogens is 617 g/mol. The Kier molecular flexibility index (Phi) is 5.20. The van der Waals surface area contributed by atoms with Crippen LogP contribution in [0.5, 0.6) is 0 Å². The summed E-state index contributed by atoms with van der Waals surface area (Å²) in [6.45, 7) is 0. The van der Waals surface area contributed by atoms with Gasteiger partial charge in [0.1, 0.15) is 0 Å². The number of hydrogen-bond donors (Lipinski definition) is 0. The summed E-state index contributed by atoms with van der Waals surface area (Å²) in [6, 6.07) is 67.8. The second-order valence-corrected chi connectivity index (χ2v) is 14.0. The molecule has 1 aliphatic heterocycles. The minimum Gasteiger partial charge on any atom is -0.309 e. The van der Waals surface area contributed by atoms with Gasteiger partial charge < -0.3 is 9.13 Å². The van der Waals surface area contributed by atoms with Crippen molar-refractivity contribution in [1.29, 1.82) is 0 Å². The van der Waals surface area contributed by atoms with Gasteiger partial charge in [-0.2, -0.15) is 0 Å². The molecule has 51 heavy (non-hydrogen) atoms. The first-order valence-corrected chi connectivity index (χ1v) is 17.8. The van der Waals surface area contributed by atoms with E-state index in [1.54, 1.807) is 0 Å². The molecule has 0 fully saturated rings.